The number of aromatic nitrogens is 4. The molecule has 2 aromatic rings. The number of hydrogen-bond acceptors (Lipinski definition) is 5. The summed E-state index contributed by atoms with van der Waals surface area (Å²) in [4.78, 5) is 1.57. The van der Waals surface area contributed by atoms with Crippen LogP contribution in [0.15, 0.2) is 30.3 Å². The molecular formula is C14H19N5O2S. The third-order valence-electron chi connectivity index (χ3n) is 3.86. The number of tetrazole rings is 1. The molecule has 2 heterocycles. The Morgan fingerprint density at radius 2 is 2.05 bits per heavy atom. The Kier molecular flexibility index (Phi) is 4.21. The lowest BCUT2D eigenvalue weighted by Crippen LogP contribution is -2.40. The minimum Gasteiger partial charge on any atom is -0.213 e. The zero-order valence-corrected chi connectivity index (χ0v) is 13.3. The molecule has 1 aliphatic rings. The maximum absolute atomic E-state index is 11.6. The van der Waals surface area contributed by atoms with Crippen molar-refractivity contribution in [3.05, 3.63) is 30.3 Å². The third-order valence-corrected chi connectivity index (χ3v) is 5.13. The van der Waals surface area contributed by atoms with Crippen LogP contribution in [0, 0.1) is 5.92 Å². The van der Waals surface area contributed by atoms with Crippen molar-refractivity contribution >= 4 is 10.0 Å². The molecule has 0 unspecified atom stereocenters. The van der Waals surface area contributed by atoms with E-state index >= 15 is 0 Å². The monoisotopic (exact) mass is 321 g/mol. The zero-order chi connectivity index (χ0) is 15.6. The summed E-state index contributed by atoms with van der Waals surface area (Å²) < 4.78 is 24.8. The van der Waals surface area contributed by atoms with Gasteiger partial charge >= 0.3 is 0 Å². The molecule has 0 amide bonds. The van der Waals surface area contributed by atoms with Gasteiger partial charge in [0.2, 0.25) is 15.8 Å². The van der Waals surface area contributed by atoms with Gasteiger partial charge in [-0.15, -0.1) is 10.2 Å². The van der Waals surface area contributed by atoms with Crippen molar-refractivity contribution in [2.45, 2.75) is 19.4 Å². The second kappa shape index (κ2) is 6.13. The molecule has 1 aromatic heterocycles. The Bertz CT molecular complexity index is 729. The van der Waals surface area contributed by atoms with Crippen LogP contribution in [0.2, 0.25) is 0 Å². The van der Waals surface area contributed by atoms with Crippen molar-refractivity contribution in [3.63, 3.8) is 0 Å². The van der Waals surface area contributed by atoms with E-state index in [1.54, 1.807) is 4.80 Å². The average molecular weight is 321 g/mol. The quantitative estimate of drug-likeness (QED) is 0.839. The van der Waals surface area contributed by atoms with E-state index < -0.39 is 10.0 Å². The van der Waals surface area contributed by atoms with Gasteiger partial charge in [0.1, 0.15) is 0 Å². The fourth-order valence-corrected chi connectivity index (χ4v) is 3.67. The summed E-state index contributed by atoms with van der Waals surface area (Å²) in [5.41, 5.74) is 0.926. The van der Waals surface area contributed by atoms with Crippen LogP contribution in [0.25, 0.3) is 11.4 Å². The normalized spacial score (nSPS) is 20.1. The van der Waals surface area contributed by atoms with Crippen molar-refractivity contribution in [2.75, 3.05) is 19.3 Å². The van der Waals surface area contributed by atoms with Gasteiger partial charge < -0.3 is 0 Å². The summed E-state index contributed by atoms with van der Waals surface area (Å²) in [6, 6.07) is 9.68. The van der Waals surface area contributed by atoms with Crippen LogP contribution in [-0.2, 0) is 16.6 Å². The lowest BCUT2D eigenvalue weighted by molar-refractivity contribution is 0.232. The standard InChI is InChI=1S/C14H19N5O2S/c1-22(20,21)18-9-5-6-12(10-18)11-19-16-14(15-17-19)13-7-3-2-4-8-13/h2-4,7-8,12H,5-6,9-11H2,1H3/t12-/m1/s1. The highest BCUT2D eigenvalue weighted by Gasteiger charge is 2.26. The van der Waals surface area contributed by atoms with E-state index in [0.29, 0.717) is 25.5 Å². The van der Waals surface area contributed by atoms with Gasteiger partial charge in [0.05, 0.1) is 12.8 Å². The first-order valence-corrected chi connectivity index (χ1v) is 9.15. The summed E-state index contributed by atoms with van der Waals surface area (Å²) in [7, 11) is -3.12. The van der Waals surface area contributed by atoms with Crippen LogP contribution >= 0.6 is 0 Å². The first-order chi connectivity index (χ1) is 10.5. The van der Waals surface area contributed by atoms with Crippen LogP contribution in [-0.4, -0.2) is 52.3 Å². The molecule has 1 saturated heterocycles. The fraction of sp³-hybridized carbons (Fsp3) is 0.500. The van der Waals surface area contributed by atoms with E-state index in [1.165, 1.54) is 10.6 Å². The van der Waals surface area contributed by atoms with Gasteiger partial charge in [0.25, 0.3) is 0 Å². The number of sulfonamides is 1. The van der Waals surface area contributed by atoms with E-state index in [-0.39, 0.29) is 5.92 Å². The highest BCUT2D eigenvalue weighted by atomic mass is 32.2. The topological polar surface area (TPSA) is 81.0 Å². The molecule has 0 N–H and O–H groups in total. The van der Waals surface area contributed by atoms with E-state index in [2.05, 4.69) is 15.4 Å². The minimum absolute atomic E-state index is 0.223. The molecule has 0 saturated carbocycles. The van der Waals surface area contributed by atoms with Gasteiger partial charge in [-0.3, -0.25) is 0 Å². The van der Waals surface area contributed by atoms with Gasteiger partial charge in [0, 0.05) is 18.7 Å². The maximum Gasteiger partial charge on any atom is 0.211 e. The highest BCUT2D eigenvalue weighted by molar-refractivity contribution is 7.88. The number of piperidine rings is 1. The van der Waals surface area contributed by atoms with Gasteiger partial charge in [-0.25, -0.2) is 12.7 Å². The van der Waals surface area contributed by atoms with Crippen molar-refractivity contribution in [1.82, 2.24) is 24.5 Å². The molecule has 1 aromatic carbocycles. The van der Waals surface area contributed by atoms with Gasteiger partial charge in [-0.2, -0.15) is 4.80 Å². The molecule has 0 spiro atoms. The van der Waals surface area contributed by atoms with Gasteiger partial charge in [0.15, 0.2) is 0 Å². The van der Waals surface area contributed by atoms with Crippen molar-refractivity contribution in [3.8, 4) is 11.4 Å². The molecule has 1 atom stereocenters. The molecule has 118 valence electrons. The Labute approximate surface area is 130 Å². The van der Waals surface area contributed by atoms with E-state index in [1.807, 2.05) is 30.3 Å². The molecular weight excluding hydrogens is 302 g/mol. The minimum atomic E-state index is -3.12. The molecule has 8 heteroatoms. The van der Waals surface area contributed by atoms with Crippen molar-refractivity contribution in [2.24, 2.45) is 5.92 Å². The van der Waals surface area contributed by atoms with Crippen LogP contribution in [0.1, 0.15) is 12.8 Å². The van der Waals surface area contributed by atoms with E-state index in [4.69, 9.17) is 0 Å². The fourth-order valence-electron chi connectivity index (χ4n) is 2.73. The van der Waals surface area contributed by atoms with Crippen molar-refractivity contribution in [1.29, 1.82) is 0 Å². The lowest BCUT2D eigenvalue weighted by Gasteiger charge is -2.30. The smallest absolute Gasteiger partial charge is 0.211 e. The van der Waals surface area contributed by atoms with Crippen LogP contribution < -0.4 is 0 Å². The SMILES string of the molecule is CS(=O)(=O)N1CCC[C@@H](Cn2nnc(-c3ccccc3)n2)C1. The molecule has 22 heavy (non-hydrogen) atoms. The van der Waals surface area contributed by atoms with Crippen LogP contribution in [0.5, 0.6) is 0 Å². The Morgan fingerprint density at radius 3 is 2.77 bits per heavy atom. The highest BCUT2D eigenvalue weighted by Crippen LogP contribution is 2.20. The molecule has 1 aliphatic heterocycles. The predicted octanol–water partition coefficient (Wildman–Crippen LogP) is 1.01. The Hall–Kier alpha value is -1.80. The number of hydrogen-bond donors (Lipinski definition) is 0. The number of benzene rings is 1. The summed E-state index contributed by atoms with van der Waals surface area (Å²) in [5.74, 6) is 0.817. The Morgan fingerprint density at radius 1 is 1.27 bits per heavy atom. The van der Waals surface area contributed by atoms with E-state index in [9.17, 15) is 8.42 Å². The van der Waals surface area contributed by atoms with Gasteiger partial charge in [-0.05, 0) is 24.0 Å². The largest absolute Gasteiger partial charge is 0.213 e. The second-order valence-electron chi connectivity index (χ2n) is 5.66. The Balaban J connectivity index is 1.68. The molecule has 1 fully saturated rings. The number of rotatable bonds is 4. The second-order valence-corrected chi connectivity index (χ2v) is 7.65. The molecule has 0 bridgehead atoms. The van der Waals surface area contributed by atoms with Crippen LogP contribution in [0.4, 0.5) is 0 Å². The summed E-state index contributed by atoms with van der Waals surface area (Å²) >= 11 is 0. The molecule has 7 nitrogen and oxygen atoms in total. The summed E-state index contributed by atoms with van der Waals surface area (Å²) in [6.07, 6.45) is 3.11. The van der Waals surface area contributed by atoms with Crippen molar-refractivity contribution < 1.29 is 8.42 Å². The summed E-state index contributed by atoms with van der Waals surface area (Å²) in [5, 5.41) is 12.5. The zero-order valence-electron chi connectivity index (χ0n) is 12.5. The third kappa shape index (κ3) is 3.50. The predicted molar refractivity (Wildman–Crippen MR) is 82.4 cm³/mol. The maximum atomic E-state index is 11.6. The first kappa shape index (κ1) is 15.1. The van der Waals surface area contributed by atoms with Gasteiger partial charge in [-0.1, -0.05) is 30.3 Å². The van der Waals surface area contributed by atoms with Crippen LogP contribution in [0.3, 0.4) is 0 Å². The molecule has 3 rings (SSSR count). The molecule has 0 aliphatic carbocycles. The number of nitrogens with zero attached hydrogens (tertiary/aromatic N) is 5. The average Bonchev–Trinajstić information content (AvgIpc) is 2.96. The first-order valence-electron chi connectivity index (χ1n) is 7.31. The summed E-state index contributed by atoms with van der Waals surface area (Å²) in [6.45, 7) is 1.72. The van der Waals surface area contributed by atoms with E-state index in [0.717, 1.165) is 18.4 Å². The molecule has 0 radical (unpaired) electrons. The lowest BCUT2D eigenvalue weighted by atomic mass is 10.00.